The van der Waals surface area contributed by atoms with Gasteiger partial charge in [-0.1, -0.05) is 35.3 Å². The monoisotopic (exact) mass is 503 g/mol. The summed E-state index contributed by atoms with van der Waals surface area (Å²) in [5, 5.41) is 12.0. The van der Waals surface area contributed by atoms with Crippen molar-refractivity contribution in [3.8, 4) is 11.5 Å². The van der Waals surface area contributed by atoms with E-state index >= 15 is 0 Å². The lowest BCUT2D eigenvalue weighted by Crippen LogP contribution is -2.37. The maximum absolute atomic E-state index is 11.1. The van der Waals surface area contributed by atoms with Crippen molar-refractivity contribution in [1.29, 1.82) is 0 Å². The maximum Gasteiger partial charge on any atom is 0.121 e. The van der Waals surface area contributed by atoms with Crippen LogP contribution in [0.5, 0.6) is 11.5 Å². The van der Waals surface area contributed by atoms with Gasteiger partial charge < -0.3 is 19.1 Å². The minimum Gasteiger partial charge on any atom is -0.492 e. The minimum atomic E-state index is -0.855. The van der Waals surface area contributed by atoms with E-state index in [4.69, 9.17) is 32.7 Å². The van der Waals surface area contributed by atoms with Crippen LogP contribution in [0.3, 0.4) is 0 Å². The second kappa shape index (κ2) is 11.5. The highest BCUT2D eigenvalue weighted by atomic mass is 35.5. The van der Waals surface area contributed by atoms with Gasteiger partial charge in [0.2, 0.25) is 0 Å². The van der Waals surface area contributed by atoms with Gasteiger partial charge in [0.1, 0.15) is 30.5 Å². The van der Waals surface area contributed by atoms with E-state index in [9.17, 15) is 5.11 Å². The molecule has 2 aromatic carbocycles. The summed E-state index contributed by atoms with van der Waals surface area (Å²) in [6.45, 7) is 6.20. The molecule has 1 fully saturated rings. The highest BCUT2D eigenvalue weighted by Crippen LogP contribution is 2.29. The number of hydrogen-bond donors (Lipinski definition) is 1. The molecule has 8 heteroatoms. The van der Waals surface area contributed by atoms with Crippen LogP contribution >= 0.6 is 23.2 Å². The van der Waals surface area contributed by atoms with Gasteiger partial charge in [0, 0.05) is 31.5 Å². The summed E-state index contributed by atoms with van der Waals surface area (Å²) in [5.41, 5.74) is 0.377. The van der Waals surface area contributed by atoms with Crippen molar-refractivity contribution in [1.82, 2.24) is 14.5 Å². The van der Waals surface area contributed by atoms with Crippen molar-refractivity contribution in [2.45, 2.75) is 44.9 Å². The van der Waals surface area contributed by atoms with E-state index in [1.807, 2.05) is 25.3 Å². The van der Waals surface area contributed by atoms with Crippen molar-refractivity contribution in [3.05, 3.63) is 76.3 Å². The van der Waals surface area contributed by atoms with E-state index in [0.29, 0.717) is 35.2 Å². The van der Waals surface area contributed by atoms with Gasteiger partial charge in [0.15, 0.2) is 0 Å². The van der Waals surface area contributed by atoms with E-state index in [-0.39, 0.29) is 6.61 Å². The van der Waals surface area contributed by atoms with Crippen LogP contribution in [0.1, 0.15) is 30.7 Å². The fourth-order valence-corrected chi connectivity index (χ4v) is 4.46. The van der Waals surface area contributed by atoms with Gasteiger partial charge in [0.05, 0.1) is 22.2 Å². The summed E-state index contributed by atoms with van der Waals surface area (Å²) in [4.78, 5) is 6.61. The number of ether oxygens (including phenoxy) is 2. The first-order chi connectivity index (χ1) is 16.4. The number of likely N-dealkylation sites (tertiary alicyclic amines) is 1. The Hall–Kier alpha value is -2.25. The van der Waals surface area contributed by atoms with Crippen LogP contribution in [0.15, 0.2) is 54.9 Å². The molecule has 0 radical (unpaired) electrons. The molecule has 0 bridgehead atoms. The van der Waals surface area contributed by atoms with Gasteiger partial charge in [0.25, 0.3) is 0 Å². The third-order valence-electron chi connectivity index (χ3n) is 6.26. The van der Waals surface area contributed by atoms with Gasteiger partial charge in [-0.15, -0.1) is 0 Å². The highest BCUT2D eigenvalue weighted by Gasteiger charge is 2.31. The molecule has 2 heterocycles. The molecule has 0 aliphatic carbocycles. The first-order valence-corrected chi connectivity index (χ1v) is 12.4. The van der Waals surface area contributed by atoms with Crippen LogP contribution in [-0.2, 0) is 13.1 Å². The van der Waals surface area contributed by atoms with Crippen LogP contribution in [0.4, 0.5) is 0 Å². The fourth-order valence-electron chi connectivity index (χ4n) is 4.17. The average Bonchev–Trinajstić information content (AvgIpc) is 3.14. The van der Waals surface area contributed by atoms with Crippen molar-refractivity contribution >= 4 is 23.2 Å². The van der Waals surface area contributed by atoms with Gasteiger partial charge in [-0.3, -0.25) is 4.90 Å². The van der Waals surface area contributed by atoms with Crippen LogP contribution < -0.4 is 9.47 Å². The molecule has 1 aliphatic heterocycles. The molecule has 6 nitrogen and oxygen atoms in total. The number of aryl methyl sites for hydroxylation is 1. The van der Waals surface area contributed by atoms with E-state index < -0.39 is 5.60 Å². The molecule has 1 atom stereocenters. The second-order valence-electron chi connectivity index (χ2n) is 8.88. The fraction of sp³-hybridized carbons (Fsp3) is 0.423. The van der Waals surface area contributed by atoms with Crippen molar-refractivity contribution in [2.75, 3.05) is 26.3 Å². The quantitative estimate of drug-likeness (QED) is 0.425. The molecule has 4 rings (SSSR count). The molecule has 1 N–H and O–H groups in total. The minimum absolute atomic E-state index is 0.240. The lowest BCUT2D eigenvalue weighted by Gasteiger charge is -2.27. The Labute approximate surface area is 211 Å². The van der Waals surface area contributed by atoms with E-state index in [2.05, 4.69) is 26.6 Å². The maximum atomic E-state index is 11.1. The third-order valence-corrected chi connectivity index (χ3v) is 7.00. The van der Waals surface area contributed by atoms with Crippen LogP contribution in [0, 0.1) is 6.92 Å². The normalized spacial score (nSPS) is 19.1. The largest absolute Gasteiger partial charge is 0.492 e. The Bertz CT molecular complexity index is 1070. The molecule has 0 spiro atoms. The lowest BCUT2D eigenvalue weighted by atomic mass is 9.96. The predicted molar refractivity (Wildman–Crippen MR) is 135 cm³/mol. The summed E-state index contributed by atoms with van der Waals surface area (Å²) in [7, 11) is 0. The van der Waals surface area contributed by atoms with Crippen LogP contribution in [0.25, 0.3) is 0 Å². The third kappa shape index (κ3) is 6.89. The summed E-state index contributed by atoms with van der Waals surface area (Å²) < 4.78 is 13.8. The van der Waals surface area contributed by atoms with E-state index in [1.165, 1.54) is 5.56 Å². The second-order valence-corrected chi connectivity index (χ2v) is 9.69. The predicted octanol–water partition coefficient (Wildman–Crippen LogP) is 5.37. The van der Waals surface area contributed by atoms with Crippen LogP contribution in [0.2, 0.25) is 10.0 Å². The molecular formula is C26H31Cl2N3O3. The molecule has 0 saturated carbocycles. The summed E-state index contributed by atoms with van der Waals surface area (Å²) in [6.07, 6.45) is 6.03. The van der Waals surface area contributed by atoms with Gasteiger partial charge in [-0.2, -0.15) is 0 Å². The van der Waals surface area contributed by atoms with Gasteiger partial charge >= 0.3 is 0 Å². The van der Waals surface area contributed by atoms with E-state index in [1.54, 1.807) is 24.4 Å². The molecule has 1 unspecified atom stereocenters. The number of aliphatic hydroxyl groups is 1. The SMILES string of the molecule is Cc1nccn1CCOc1ccc(CN2CCCC(O)(COc3ccc(Cl)c(Cl)c3)CC2)cc1. The van der Waals surface area contributed by atoms with Crippen molar-refractivity contribution in [2.24, 2.45) is 0 Å². The molecule has 1 saturated heterocycles. The van der Waals surface area contributed by atoms with E-state index in [0.717, 1.165) is 44.2 Å². The van der Waals surface area contributed by atoms with Gasteiger partial charge in [-0.25, -0.2) is 4.98 Å². The zero-order chi connectivity index (χ0) is 24.0. The van der Waals surface area contributed by atoms with Crippen LogP contribution in [-0.4, -0.2) is 51.5 Å². The Morgan fingerprint density at radius 2 is 1.79 bits per heavy atom. The first-order valence-electron chi connectivity index (χ1n) is 11.6. The van der Waals surface area contributed by atoms with Gasteiger partial charge in [-0.05, 0) is 62.6 Å². The number of aromatic nitrogens is 2. The number of rotatable bonds is 9. The lowest BCUT2D eigenvalue weighted by molar-refractivity contribution is -0.0168. The number of benzene rings is 2. The standard InChI is InChI=1S/C26H31Cl2N3O3/c1-20-29-11-14-31(20)15-16-33-22-5-3-21(4-6-22)18-30-12-2-9-26(32,10-13-30)19-34-23-7-8-24(27)25(28)17-23/h3-8,11,14,17,32H,2,9-10,12-13,15-16,18-19H2,1H3. The number of halogens is 2. The number of imidazole rings is 1. The van der Waals surface area contributed by atoms with Crippen molar-refractivity contribution in [3.63, 3.8) is 0 Å². The molecule has 1 aliphatic rings. The summed E-state index contributed by atoms with van der Waals surface area (Å²) in [6, 6.07) is 13.4. The molecule has 34 heavy (non-hydrogen) atoms. The summed E-state index contributed by atoms with van der Waals surface area (Å²) >= 11 is 12.0. The topological polar surface area (TPSA) is 59.8 Å². The smallest absolute Gasteiger partial charge is 0.121 e. The average molecular weight is 504 g/mol. The Morgan fingerprint density at radius 1 is 1.00 bits per heavy atom. The molecule has 1 aromatic heterocycles. The Balaban J connectivity index is 1.23. The Morgan fingerprint density at radius 3 is 2.53 bits per heavy atom. The highest BCUT2D eigenvalue weighted by molar-refractivity contribution is 6.42. The zero-order valence-electron chi connectivity index (χ0n) is 19.4. The molecular weight excluding hydrogens is 473 g/mol. The van der Waals surface area contributed by atoms with Crippen molar-refractivity contribution < 1.29 is 14.6 Å². The molecule has 3 aromatic rings. The Kier molecular flexibility index (Phi) is 8.37. The number of nitrogens with zero attached hydrogens (tertiary/aromatic N) is 3. The number of hydrogen-bond acceptors (Lipinski definition) is 5. The summed E-state index contributed by atoms with van der Waals surface area (Å²) in [5.74, 6) is 2.47. The first kappa shape index (κ1) is 24.9. The zero-order valence-corrected chi connectivity index (χ0v) is 20.9. The molecule has 0 amide bonds. The molecule has 182 valence electrons.